The Morgan fingerprint density at radius 2 is 1.90 bits per heavy atom. The molecule has 1 aromatic carbocycles. The highest BCUT2D eigenvalue weighted by Crippen LogP contribution is 2.16. The van der Waals surface area contributed by atoms with E-state index < -0.39 is 0 Å². The zero-order valence-corrected chi connectivity index (χ0v) is 12.9. The topological polar surface area (TPSA) is 71.9 Å². The molecule has 0 radical (unpaired) electrons. The Morgan fingerprint density at radius 3 is 2.52 bits per heavy atom. The number of hydrogen-bond acceptors (Lipinski definition) is 3. The first-order valence-corrected chi connectivity index (χ1v) is 7.13. The van der Waals surface area contributed by atoms with Crippen LogP contribution in [0.4, 0.5) is 5.69 Å². The molecule has 0 bridgehead atoms. The third kappa shape index (κ3) is 6.27. The fourth-order valence-electron chi connectivity index (χ4n) is 1.93. The summed E-state index contributed by atoms with van der Waals surface area (Å²) < 4.78 is 5.11. The van der Waals surface area contributed by atoms with Gasteiger partial charge in [0.25, 0.3) is 11.8 Å². The van der Waals surface area contributed by atoms with Gasteiger partial charge in [0.15, 0.2) is 13.1 Å². The lowest BCUT2D eigenvalue weighted by atomic mass is 10.3. The van der Waals surface area contributed by atoms with Crippen LogP contribution in [-0.2, 0) is 9.59 Å². The lowest BCUT2D eigenvalue weighted by Gasteiger charge is -2.16. The molecule has 0 heterocycles. The van der Waals surface area contributed by atoms with E-state index in [1.165, 1.54) is 0 Å². The Balaban J connectivity index is 2.52. The van der Waals surface area contributed by atoms with Crippen molar-refractivity contribution in [1.82, 2.24) is 5.32 Å². The van der Waals surface area contributed by atoms with E-state index in [-0.39, 0.29) is 18.4 Å². The van der Waals surface area contributed by atoms with Gasteiger partial charge in [0.1, 0.15) is 5.75 Å². The van der Waals surface area contributed by atoms with Gasteiger partial charge in [-0.3, -0.25) is 9.59 Å². The van der Waals surface area contributed by atoms with Crippen molar-refractivity contribution in [2.75, 3.05) is 38.6 Å². The Bertz CT molecular complexity index is 477. The maximum Gasteiger partial charge on any atom is 0.279 e. The van der Waals surface area contributed by atoms with Gasteiger partial charge in [-0.05, 0) is 26.0 Å². The molecular weight excluding hydrogens is 270 g/mol. The second kappa shape index (κ2) is 8.97. The molecule has 0 fully saturated rings. The van der Waals surface area contributed by atoms with E-state index >= 15 is 0 Å². The summed E-state index contributed by atoms with van der Waals surface area (Å²) in [5.41, 5.74) is 0.688. The molecule has 21 heavy (non-hydrogen) atoms. The van der Waals surface area contributed by atoms with Gasteiger partial charge in [-0.2, -0.15) is 0 Å². The molecule has 116 valence electrons. The van der Waals surface area contributed by atoms with E-state index in [2.05, 4.69) is 10.6 Å². The molecule has 0 aliphatic heterocycles. The summed E-state index contributed by atoms with van der Waals surface area (Å²) in [6.45, 7) is 5.70. The van der Waals surface area contributed by atoms with Crippen molar-refractivity contribution in [2.45, 2.75) is 13.8 Å². The average molecular weight is 294 g/mol. The molecule has 6 heteroatoms. The van der Waals surface area contributed by atoms with E-state index in [1.54, 1.807) is 19.2 Å². The number of anilines is 1. The summed E-state index contributed by atoms with van der Waals surface area (Å²) in [6, 6.07) is 7.19. The number of nitrogens with one attached hydrogen (secondary N) is 3. The van der Waals surface area contributed by atoms with E-state index in [1.807, 2.05) is 26.0 Å². The van der Waals surface area contributed by atoms with Crippen LogP contribution in [0.25, 0.3) is 0 Å². The third-order valence-electron chi connectivity index (χ3n) is 3.05. The summed E-state index contributed by atoms with van der Waals surface area (Å²) in [4.78, 5) is 24.5. The van der Waals surface area contributed by atoms with Crippen molar-refractivity contribution in [1.29, 1.82) is 0 Å². The molecular formula is C15H24N3O3+. The minimum atomic E-state index is -0.121. The lowest BCUT2D eigenvalue weighted by molar-refractivity contribution is -0.881. The number of hydrogen-bond donors (Lipinski definition) is 3. The lowest BCUT2D eigenvalue weighted by Crippen LogP contribution is -3.14. The van der Waals surface area contributed by atoms with E-state index in [9.17, 15) is 9.59 Å². The first-order chi connectivity index (χ1) is 10.1. The molecule has 1 rings (SSSR count). The number of benzene rings is 1. The van der Waals surface area contributed by atoms with E-state index in [0.717, 1.165) is 4.90 Å². The zero-order chi connectivity index (χ0) is 15.7. The molecule has 6 nitrogen and oxygen atoms in total. The Kier molecular flexibility index (Phi) is 7.25. The molecule has 3 N–H and O–H groups in total. The quantitative estimate of drug-likeness (QED) is 0.615. The smallest absolute Gasteiger partial charge is 0.279 e. The Morgan fingerprint density at radius 1 is 1.19 bits per heavy atom. The average Bonchev–Trinajstić information content (AvgIpc) is 2.46. The number of methoxy groups -OCH3 is 1. The maximum absolute atomic E-state index is 12.0. The van der Waals surface area contributed by atoms with Crippen LogP contribution >= 0.6 is 0 Å². The monoisotopic (exact) mass is 294 g/mol. The minimum absolute atomic E-state index is 0.0384. The van der Waals surface area contributed by atoms with Gasteiger partial charge in [-0.1, -0.05) is 6.07 Å². The molecule has 1 aromatic rings. The predicted octanol–water partition coefficient (Wildman–Crippen LogP) is -0.325. The minimum Gasteiger partial charge on any atom is -0.497 e. The third-order valence-corrected chi connectivity index (χ3v) is 3.05. The van der Waals surface area contributed by atoms with Crippen LogP contribution in [0.15, 0.2) is 24.3 Å². The number of carbonyl (C=O) groups excluding carboxylic acids is 2. The Hall–Kier alpha value is -2.08. The van der Waals surface area contributed by atoms with Crippen LogP contribution in [-0.4, -0.2) is 45.1 Å². The van der Waals surface area contributed by atoms with Gasteiger partial charge in [0.05, 0.1) is 13.7 Å². The largest absolute Gasteiger partial charge is 0.497 e. The van der Waals surface area contributed by atoms with Crippen molar-refractivity contribution in [3.8, 4) is 5.75 Å². The summed E-state index contributed by atoms with van der Waals surface area (Å²) >= 11 is 0. The van der Waals surface area contributed by atoms with Crippen molar-refractivity contribution < 1.29 is 19.2 Å². The normalized spacial score (nSPS) is 11.6. The van der Waals surface area contributed by atoms with Gasteiger partial charge >= 0.3 is 0 Å². The Labute approximate surface area is 125 Å². The number of ether oxygens (including phenoxy) is 1. The fourth-order valence-corrected chi connectivity index (χ4v) is 1.93. The summed E-state index contributed by atoms with van der Waals surface area (Å²) in [5.74, 6) is 0.530. The number of rotatable bonds is 8. The van der Waals surface area contributed by atoms with Crippen LogP contribution in [0, 0.1) is 0 Å². The molecule has 0 aliphatic rings. The molecule has 0 aromatic heterocycles. The molecule has 0 saturated carbocycles. The molecule has 0 spiro atoms. The summed E-state index contributed by atoms with van der Waals surface area (Å²) in [6.07, 6.45) is 0. The maximum atomic E-state index is 12.0. The van der Waals surface area contributed by atoms with Crippen molar-refractivity contribution in [2.24, 2.45) is 0 Å². The molecule has 2 amide bonds. The summed E-state index contributed by atoms with van der Waals surface area (Å²) in [7, 11) is 1.58. The first kappa shape index (κ1) is 17.0. The van der Waals surface area contributed by atoms with Gasteiger partial charge in [-0.15, -0.1) is 0 Å². The fraction of sp³-hybridized carbons (Fsp3) is 0.467. The SMILES string of the molecule is CCNC(=O)C[NH+](CC)CC(=O)Nc1cccc(OC)c1. The van der Waals surface area contributed by atoms with Gasteiger partial charge in [0.2, 0.25) is 0 Å². The van der Waals surface area contributed by atoms with Crippen LogP contribution in [0.1, 0.15) is 13.8 Å². The van der Waals surface area contributed by atoms with Crippen molar-refractivity contribution in [3.63, 3.8) is 0 Å². The predicted molar refractivity (Wildman–Crippen MR) is 81.5 cm³/mol. The van der Waals surface area contributed by atoms with Gasteiger partial charge < -0.3 is 20.3 Å². The van der Waals surface area contributed by atoms with E-state index in [4.69, 9.17) is 4.74 Å². The van der Waals surface area contributed by atoms with E-state index in [0.29, 0.717) is 31.1 Å². The highest BCUT2D eigenvalue weighted by atomic mass is 16.5. The number of quaternary nitrogens is 1. The van der Waals surface area contributed by atoms with Crippen LogP contribution in [0.5, 0.6) is 5.75 Å². The van der Waals surface area contributed by atoms with Gasteiger partial charge in [-0.25, -0.2) is 0 Å². The van der Waals surface area contributed by atoms with Crippen LogP contribution in [0.3, 0.4) is 0 Å². The summed E-state index contributed by atoms with van der Waals surface area (Å²) in [5, 5.41) is 5.56. The van der Waals surface area contributed by atoms with Crippen LogP contribution < -0.4 is 20.3 Å². The highest BCUT2D eigenvalue weighted by Gasteiger charge is 2.16. The first-order valence-electron chi connectivity index (χ1n) is 7.13. The molecule has 1 atom stereocenters. The molecule has 0 aliphatic carbocycles. The second-order valence-corrected chi connectivity index (χ2v) is 4.69. The molecule has 1 unspecified atom stereocenters. The second-order valence-electron chi connectivity index (χ2n) is 4.69. The number of amides is 2. The van der Waals surface area contributed by atoms with Crippen LogP contribution in [0.2, 0.25) is 0 Å². The standard InChI is InChI=1S/C15H23N3O3/c1-4-16-14(19)10-18(5-2)11-15(20)17-12-7-6-8-13(9-12)21-3/h6-9H,4-5,10-11H2,1-3H3,(H,16,19)(H,17,20)/p+1. The number of likely N-dealkylation sites (N-methyl/N-ethyl adjacent to an activating group) is 2. The zero-order valence-electron chi connectivity index (χ0n) is 12.9. The van der Waals surface area contributed by atoms with Crippen molar-refractivity contribution in [3.05, 3.63) is 24.3 Å². The molecule has 0 saturated heterocycles. The highest BCUT2D eigenvalue weighted by molar-refractivity contribution is 5.91. The van der Waals surface area contributed by atoms with Gasteiger partial charge in [0, 0.05) is 18.3 Å². The van der Waals surface area contributed by atoms with Crippen molar-refractivity contribution >= 4 is 17.5 Å². The number of carbonyl (C=O) groups is 2.